The highest BCUT2D eigenvalue weighted by Gasteiger charge is 2.12. The van der Waals surface area contributed by atoms with Gasteiger partial charge in [-0.1, -0.05) is 0 Å². The summed E-state index contributed by atoms with van der Waals surface area (Å²) in [6.07, 6.45) is 1.48. The molecule has 17 heavy (non-hydrogen) atoms. The summed E-state index contributed by atoms with van der Waals surface area (Å²) >= 11 is 0. The number of hydrogen-bond donors (Lipinski definition) is 2. The normalized spacial score (nSPS) is 10.8. The van der Waals surface area contributed by atoms with Gasteiger partial charge >= 0.3 is 5.97 Å². The number of fused-ring (bicyclic) bond motifs is 1. The fourth-order valence-electron chi connectivity index (χ4n) is 1.47. The number of aromatic nitrogens is 4. The summed E-state index contributed by atoms with van der Waals surface area (Å²) in [6.45, 7) is 0. The molecule has 0 aliphatic carbocycles. The Morgan fingerprint density at radius 1 is 1.41 bits per heavy atom. The second-order valence-electron chi connectivity index (χ2n) is 3.36. The topological polar surface area (TPSA) is 105 Å². The van der Waals surface area contributed by atoms with Gasteiger partial charge in [-0.2, -0.15) is 15.4 Å². The van der Waals surface area contributed by atoms with Crippen molar-refractivity contribution in [3.63, 3.8) is 0 Å². The first-order valence-corrected chi connectivity index (χ1v) is 4.74. The lowest BCUT2D eigenvalue weighted by Gasteiger charge is -1.91. The van der Waals surface area contributed by atoms with Gasteiger partial charge in [-0.3, -0.25) is 0 Å². The third kappa shape index (κ3) is 1.53. The molecule has 2 heterocycles. The molecule has 7 heteroatoms. The predicted molar refractivity (Wildman–Crippen MR) is 56.3 cm³/mol. The molecule has 84 valence electrons. The van der Waals surface area contributed by atoms with Crippen LogP contribution in [0, 0.1) is 0 Å². The Hall–Kier alpha value is -2.70. The Kier molecular flexibility index (Phi) is 1.91. The molecule has 0 bridgehead atoms. The van der Waals surface area contributed by atoms with Gasteiger partial charge in [0.1, 0.15) is 5.52 Å². The Morgan fingerprint density at radius 3 is 3.00 bits per heavy atom. The molecule has 0 saturated heterocycles. The van der Waals surface area contributed by atoms with Crippen LogP contribution in [-0.4, -0.2) is 31.5 Å². The second kappa shape index (κ2) is 3.41. The minimum atomic E-state index is -1.01. The van der Waals surface area contributed by atoms with Crippen LogP contribution in [0.15, 0.2) is 28.8 Å². The van der Waals surface area contributed by atoms with Crippen molar-refractivity contribution in [2.45, 2.75) is 0 Å². The third-order valence-corrected chi connectivity index (χ3v) is 2.27. The Balaban J connectivity index is 2.16. The quantitative estimate of drug-likeness (QED) is 0.687. The number of aromatic amines is 1. The molecule has 0 aliphatic heterocycles. The number of carbonyl (C=O) groups is 1. The van der Waals surface area contributed by atoms with Crippen LogP contribution < -0.4 is 0 Å². The number of benzene rings is 1. The van der Waals surface area contributed by atoms with Crippen molar-refractivity contribution in [3.8, 4) is 11.6 Å². The number of H-pyrrole nitrogens is 1. The Bertz CT molecular complexity index is 687. The summed E-state index contributed by atoms with van der Waals surface area (Å²) in [5.41, 5.74) is 1.61. The summed E-state index contributed by atoms with van der Waals surface area (Å²) in [7, 11) is 0. The first-order chi connectivity index (χ1) is 8.24. The maximum atomic E-state index is 10.8. The van der Waals surface area contributed by atoms with Crippen molar-refractivity contribution in [2.75, 3.05) is 0 Å². The number of oxazole rings is 1. The molecule has 7 nitrogen and oxygen atoms in total. The Morgan fingerprint density at radius 2 is 2.29 bits per heavy atom. The van der Waals surface area contributed by atoms with Crippen LogP contribution in [0.4, 0.5) is 0 Å². The predicted octanol–water partition coefficient (Wildman–Crippen LogP) is 1.31. The zero-order chi connectivity index (χ0) is 11.8. The molecule has 0 aliphatic rings. The molecule has 3 aromatic rings. The van der Waals surface area contributed by atoms with Crippen LogP contribution in [0.25, 0.3) is 22.7 Å². The summed E-state index contributed by atoms with van der Waals surface area (Å²) in [4.78, 5) is 15.0. The van der Waals surface area contributed by atoms with Gasteiger partial charge in [0.2, 0.25) is 5.89 Å². The van der Waals surface area contributed by atoms with E-state index in [1.807, 2.05) is 0 Å². The van der Waals surface area contributed by atoms with E-state index in [0.29, 0.717) is 22.7 Å². The molecule has 2 aromatic heterocycles. The molecular formula is C10H6N4O3. The molecular weight excluding hydrogens is 224 g/mol. The number of nitrogens with one attached hydrogen (secondary N) is 1. The molecule has 0 amide bonds. The van der Waals surface area contributed by atoms with E-state index in [9.17, 15) is 4.79 Å². The highest BCUT2D eigenvalue weighted by Crippen LogP contribution is 2.22. The van der Waals surface area contributed by atoms with E-state index in [0.717, 1.165) is 0 Å². The molecule has 3 rings (SSSR count). The van der Waals surface area contributed by atoms with E-state index in [1.54, 1.807) is 6.07 Å². The van der Waals surface area contributed by atoms with Gasteiger partial charge in [0.05, 0.1) is 11.8 Å². The van der Waals surface area contributed by atoms with Gasteiger partial charge in [0.25, 0.3) is 0 Å². The number of nitrogens with zero attached hydrogens (tertiary/aromatic N) is 3. The van der Waals surface area contributed by atoms with E-state index >= 15 is 0 Å². The maximum Gasteiger partial charge on any atom is 0.335 e. The summed E-state index contributed by atoms with van der Waals surface area (Å²) < 4.78 is 5.41. The van der Waals surface area contributed by atoms with E-state index in [2.05, 4.69) is 20.4 Å². The van der Waals surface area contributed by atoms with Crippen molar-refractivity contribution in [1.29, 1.82) is 0 Å². The van der Waals surface area contributed by atoms with Gasteiger partial charge in [-0.25, -0.2) is 9.78 Å². The van der Waals surface area contributed by atoms with Crippen LogP contribution >= 0.6 is 0 Å². The van der Waals surface area contributed by atoms with E-state index in [-0.39, 0.29) is 5.56 Å². The SMILES string of the molecule is O=C(O)c1ccc2nc(-c3cn[nH]n3)oc2c1. The number of rotatable bonds is 2. The smallest absolute Gasteiger partial charge is 0.335 e. The van der Waals surface area contributed by atoms with Crippen LogP contribution in [0.1, 0.15) is 10.4 Å². The van der Waals surface area contributed by atoms with E-state index in [4.69, 9.17) is 9.52 Å². The summed E-state index contributed by atoms with van der Waals surface area (Å²) in [5, 5.41) is 18.8. The van der Waals surface area contributed by atoms with E-state index < -0.39 is 5.97 Å². The zero-order valence-electron chi connectivity index (χ0n) is 8.41. The van der Waals surface area contributed by atoms with Gasteiger partial charge in [0, 0.05) is 0 Å². The van der Waals surface area contributed by atoms with Gasteiger partial charge in [-0.15, -0.1) is 0 Å². The number of carboxylic acid groups (broad SMARTS) is 1. The molecule has 2 N–H and O–H groups in total. The van der Waals surface area contributed by atoms with Crippen LogP contribution in [0.5, 0.6) is 0 Å². The summed E-state index contributed by atoms with van der Waals surface area (Å²) in [5.74, 6) is -0.706. The van der Waals surface area contributed by atoms with Crippen LogP contribution in [0.3, 0.4) is 0 Å². The first kappa shape index (κ1) is 9.52. The lowest BCUT2D eigenvalue weighted by atomic mass is 10.2. The minimum Gasteiger partial charge on any atom is -0.478 e. The van der Waals surface area contributed by atoms with Crippen LogP contribution in [0.2, 0.25) is 0 Å². The fraction of sp³-hybridized carbons (Fsp3) is 0. The lowest BCUT2D eigenvalue weighted by Crippen LogP contribution is -1.94. The maximum absolute atomic E-state index is 10.8. The average molecular weight is 230 g/mol. The van der Waals surface area contributed by atoms with Crippen molar-refractivity contribution in [1.82, 2.24) is 20.4 Å². The molecule has 0 unspecified atom stereocenters. The van der Waals surface area contributed by atoms with Gasteiger partial charge < -0.3 is 9.52 Å². The standard InChI is InChI=1S/C10H6N4O3/c15-10(16)5-1-2-6-8(3-5)17-9(12-6)7-4-11-14-13-7/h1-4H,(H,15,16)(H,11,13,14). The molecule has 0 spiro atoms. The molecule has 0 atom stereocenters. The molecule has 0 fully saturated rings. The molecule has 0 saturated carbocycles. The van der Waals surface area contributed by atoms with Gasteiger partial charge in [0.15, 0.2) is 11.3 Å². The first-order valence-electron chi connectivity index (χ1n) is 4.74. The fourth-order valence-corrected chi connectivity index (χ4v) is 1.47. The van der Waals surface area contributed by atoms with Crippen molar-refractivity contribution in [2.24, 2.45) is 0 Å². The van der Waals surface area contributed by atoms with Crippen molar-refractivity contribution >= 4 is 17.1 Å². The Labute approximate surface area is 94.1 Å². The number of hydrogen-bond acceptors (Lipinski definition) is 5. The lowest BCUT2D eigenvalue weighted by molar-refractivity contribution is 0.0697. The number of carboxylic acids is 1. The van der Waals surface area contributed by atoms with Gasteiger partial charge in [-0.05, 0) is 18.2 Å². The minimum absolute atomic E-state index is 0.153. The number of aromatic carboxylic acids is 1. The third-order valence-electron chi connectivity index (χ3n) is 2.27. The average Bonchev–Trinajstić information content (AvgIpc) is 2.96. The van der Waals surface area contributed by atoms with Crippen LogP contribution in [-0.2, 0) is 0 Å². The van der Waals surface area contributed by atoms with Crippen molar-refractivity contribution in [3.05, 3.63) is 30.0 Å². The summed E-state index contributed by atoms with van der Waals surface area (Å²) in [6, 6.07) is 4.49. The zero-order valence-corrected chi connectivity index (χ0v) is 8.41. The second-order valence-corrected chi connectivity index (χ2v) is 3.36. The monoisotopic (exact) mass is 230 g/mol. The molecule has 0 radical (unpaired) electrons. The molecule has 1 aromatic carbocycles. The highest BCUT2D eigenvalue weighted by atomic mass is 16.4. The van der Waals surface area contributed by atoms with E-state index in [1.165, 1.54) is 18.3 Å². The largest absolute Gasteiger partial charge is 0.478 e. The van der Waals surface area contributed by atoms with Crippen molar-refractivity contribution < 1.29 is 14.3 Å². The highest BCUT2D eigenvalue weighted by molar-refractivity contribution is 5.92.